The minimum atomic E-state index is -0.877. The zero-order valence-electron chi connectivity index (χ0n) is 71.6. The van der Waals surface area contributed by atoms with Gasteiger partial charge in [-0.15, -0.1) is 0 Å². The number of amides is 5. The maximum Gasteiger partial charge on any atom is 0.412 e. The van der Waals surface area contributed by atoms with Crippen LogP contribution in [0.2, 0.25) is 0 Å². The molecule has 1 aromatic rings. The Bertz CT molecular complexity index is 3210. The molecule has 21 heteroatoms. The van der Waals surface area contributed by atoms with Crippen LogP contribution < -0.4 is 15.5 Å². The van der Waals surface area contributed by atoms with E-state index in [9.17, 15) is 49.2 Å². The molecule has 2 unspecified atom stereocenters. The molecular formula is C95H148N4O17. The fraction of sp³-hybridized carbons (Fsp3) is 0.663. The van der Waals surface area contributed by atoms with Crippen molar-refractivity contribution in [2.24, 2.45) is 5.92 Å². The summed E-state index contributed by atoms with van der Waals surface area (Å²) in [5, 5.41) is 50.9. The van der Waals surface area contributed by atoms with Crippen molar-refractivity contribution in [2.75, 3.05) is 29.9 Å². The van der Waals surface area contributed by atoms with Gasteiger partial charge in [0, 0.05) is 30.9 Å². The van der Waals surface area contributed by atoms with Crippen LogP contribution in [0.4, 0.5) is 25.8 Å². The largest absolute Gasteiger partial charge is 0.480 e. The van der Waals surface area contributed by atoms with Crippen LogP contribution in [0.3, 0.4) is 0 Å². The molecule has 12 aliphatic rings. The summed E-state index contributed by atoms with van der Waals surface area (Å²) in [5.74, 6) is -1.62. The molecule has 0 spiro atoms. The van der Waals surface area contributed by atoms with Gasteiger partial charge in [-0.05, 0) is 309 Å². The van der Waals surface area contributed by atoms with Crippen LogP contribution in [0.25, 0.3) is 0 Å². The van der Waals surface area contributed by atoms with E-state index in [1.165, 1.54) is 76.4 Å². The molecule has 650 valence electrons. The summed E-state index contributed by atoms with van der Waals surface area (Å²) in [6.07, 6.45) is 83.3. The zero-order valence-corrected chi connectivity index (χ0v) is 71.6. The number of carbonyl (C=O) groups is 6. The molecular weight excluding hydrogens is 1470 g/mol. The number of rotatable bonds is 6. The van der Waals surface area contributed by atoms with Gasteiger partial charge in [-0.25, -0.2) is 24.1 Å². The number of hydrogen-bond donors (Lipinski definition) is 7. The topological polar surface area (TPSA) is 289 Å². The molecule has 11 atom stereocenters. The second-order valence-corrected chi connectivity index (χ2v) is 33.6. The number of aliphatic carboxylic acids is 1. The second kappa shape index (κ2) is 57.8. The van der Waals surface area contributed by atoms with Gasteiger partial charge >= 0.3 is 24.2 Å². The number of alkyl carbamates (subject to hydrolysis) is 1. The van der Waals surface area contributed by atoms with Crippen molar-refractivity contribution in [1.82, 2.24) is 10.2 Å². The molecule has 21 nitrogen and oxygen atoms in total. The van der Waals surface area contributed by atoms with Gasteiger partial charge in [0.1, 0.15) is 23.9 Å². The van der Waals surface area contributed by atoms with E-state index in [2.05, 4.69) is 127 Å². The number of ether oxygens (including phenoxy) is 6. The van der Waals surface area contributed by atoms with E-state index >= 15 is 0 Å². The van der Waals surface area contributed by atoms with Crippen molar-refractivity contribution in [1.29, 1.82) is 0 Å². The number of aliphatic hydroxyl groups is 4. The first-order valence-corrected chi connectivity index (χ1v) is 44.2. The lowest BCUT2D eigenvalue weighted by Gasteiger charge is -2.30. The predicted octanol–water partition coefficient (Wildman–Crippen LogP) is 20.8. The quantitative estimate of drug-likeness (QED) is 0.0791. The van der Waals surface area contributed by atoms with Gasteiger partial charge in [0.25, 0.3) is 11.8 Å². The third-order valence-electron chi connectivity index (χ3n) is 21.5. The van der Waals surface area contributed by atoms with Crippen LogP contribution in [-0.2, 0) is 42.8 Å². The fourth-order valence-electron chi connectivity index (χ4n) is 14.7. The highest BCUT2D eigenvalue weighted by Gasteiger charge is 2.40. The highest BCUT2D eigenvalue weighted by atomic mass is 16.8. The maximum absolute atomic E-state index is 12.2. The average Bonchev–Trinajstić information content (AvgIpc) is 1.70. The Labute approximate surface area is 695 Å². The number of aliphatic hydroxyl groups excluding tert-OH is 4. The highest BCUT2D eigenvalue weighted by molar-refractivity contribution is 6.28. The molecule has 8 aliphatic carbocycles. The van der Waals surface area contributed by atoms with Crippen LogP contribution in [0, 0.1) is 5.92 Å². The third-order valence-corrected chi connectivity index (χ3v) is 21.5. The maximum atomic E-state index is 12.2. The van der Waals surface area contributed by atoms with E-state index in [4.69, 9.17) is 33.5 Å². The van der Waals surface area contributed by atoms with Crippen molar-refractivity contribution in [2.45, 2.75) is 377 Å². The van der Waals surface area contributed by atoms with Crippen LogP contribution in [-0.4, -0.2) is 158 Å². The normalized spacial score (nSPS) is 30.0. The van der Waals surface area contributed by atoms with Crippen molar-refractivity contribution in [3.63, 3.8) is 0 Å². The molecule has 13 rings (SSSR count). The highest BCUT2D eigenvalue weighted by Crippen LogP contribution is 2.35. The van der Waals surface area contributed by atoms with E-state index in [1.54, 1.807) is 29.2 Å². The Morgan fingerprint density at radius 3 is 1.59 bits per heavy atom. The lowest BCUT2D eigenvalue weighted by atomic mass is 9.91. The van der Waals surface area contributed by atoms with Crippen LogP contribution in [0.5, 0.6) is 0 Å². The van der Waals surface area contributed by atoms with Gasteiger partial charge in [0.2, 0.25) is 0 Å². The van der Waals surface area contributed by atoms with Gasteiger partial charge in [0.15, 0.2) is 5.79 Å². The van der Waals surface area contributed by atoms with Gasteiger partial charge in [-0.3, -0.25) is 14.9 Å². The summed E-state index contributed by atoms with van der Waals surface area (Å²) < 4.78 is 33.0. The first-order chi connectivity index (χ1) is 55.8. The molecule has 4 aliphatic heterocycles. The van der Waals surface area contributed by atoms with Crippen LogP contribution in [0.15, 0.2) is 146 Å². The van der Waals surface area contributed by atoms with E-state index in [-0.39, 0.29) is 66.9 Å². The number of benzene rings is 1. The number of fused-ring (bicyclic) bond motifs is 2. The summed E-state index contributed by atoms with van der Waals surface area (Å²) in [5.41, 5.74) is 0.132. The Morgan fingerprint density at radius 2 is 0.991 bits per heavy atom. The Balaban J connectivity index is 0.000000239. The smallest absolute Gasteiger partial charge is 0.412 e. The SMILES string of the molecule is C1=CCCCCCC1.CC(C)(C)OC(=O)N1CC/C=C/CCC1.CC1(C)O[C@@H]2CC/C=C/CC[C@H]2O1.CC1(OC(=O)Nc2ccc(N3C(=O)C=CC3=O)cc2)CC/C=C/CCC1.C[C@H]1/C=C/CCCC[C@@H]1O.O=C(O)COC1CC/C=C/CCC1.O=C1N[C@@H]2/C=C/CCCC[C@H]2O1.O[C@@H]1CC/C=C/CCC1.O[C@@H]1CC/C=C/CC[C@H]1O. The molecule has 7 N–H and O–H groups in total. The number of carbonyl (C=O) groups excluding carboxylic acids is 5. The zero-order chi connectivity index (χ0) is 84.1. The average molecular weight is 1620 g/mol. The molecule has 4 heterocycles. The summed E-state index contributed by atoms with van der Waals surface area (Å²) in [7, 11) is 0. The Morgan fingerprint density at radius 1 is 0.500 bits per heavy atom. The molecule has 0 saturated carbocycles. The number of nitrogens with zero attached hydrogens (tertiary/aromatic N) is 2. The van der Waals surface area contributed by atoms with Gasteiger partial charge in [0.05, 0.1) is 54.5 Å². The van der Waals surface area contributed by atoms with Crippen molar-refractivity contribution in [3.05, 3.63) is 146 Å². The van der Waals surface area contributed by atoms with Gasteiger partial charge in [-0.1, -0.05) is 136 Å². The monoisotopic (exact) mass is 1620 g/mol. The Hall–Kier alpha value is -7.24. The molecule has 1 aromatic carbocycles. The van der Waals surface area contributed by atoms with Crippen molar-refractivity contribution >= 4 is 47.4 Å². The van der Waals surface area contributed by atoms with Crippen molar-refractivity contribution in [3.8, 4) is 0 Å². The Kier molecular flexibility index (Phi) is 49.5. The lowest BCUT2D eigenvalue weighted by molar-refractivity contribution is -0.147. The number of hydrogen-bond acceptors (Lipinski definition) is 16. The number of anilines is 2. The second-order valence-electron chi connectivity index (χ2n) is 33.6. The third kappa shape index (κ3) is 45.1. The minimum absolute atomic E-state index is 0.0325. The fourth-order valence-corrected chi connectivity index (χ4v) is 14.7. The number of carboxylic acid groups (broad SMARTS) is 1. The van der Waals surface area contributed by atoms with E-state index < -0.39 is 35.5 Å². The molecule has 5 amide bonds. The molecule has 116 heavy (non-hydrogen) atoms. The number of imide groups is 1. The van der Waals surface area contributed by atoms with Gasteiger partial charge < -0.3 is 64.2 Å². The van der Waals surface area contributed by atoms with E-state index in [1.807, 2.05) is 41.5 Å². The summed E-state index contributed by atoms with van der Waals surface area (Å²) in [4.78, 5) is 71.4. The lowest BCUT2D eigenvalue weighted by Crippen LogP contribution is -2.38. The van der Waals surface area contributed by atoms with E-state index in [0.29, 0.717) is 42.3 Å². The van der Waals surface area contributed by atoms with Crippen LogP contribution >= 0.6 is 0 Å². The standard InChI is InChI=1S/C20H22N2O4.C12H21NO2.C11H18O2.C10H16O3.C9H13NO2.C9H16O.C8H14O2.C8H14O.C8H14/c1-20(13-5-3-2-4-6-14-20)26-19(25)21-15-7-9-16(10-8-15)22-17(23)11-12-18(22)24;1-12(2,3)15-11(14)13-9-7-5-4-6-8-10-13;1-11(2)12-9-7-5-3-4-6-8-10(9)13-11;11-10(12)8-13-9-6-4-2-1-3-5-7-9;11-9-10-7-5-3-1-2-4-6-8(7)12-9;1-8-6-4-2-3-5-7-9(8)10;9-7-5-3-1-2-4-6-8(7)10;9-8-6-4-2-1-3-5-7-8;1-2-4-6-8-7-5-3-1/h2-3,7-12H,4-6,13-14H2,1H3,(H,21,25);4-5H,6-10H2,1-3H3;3-4,9-10H,5-8H2,1-2H3;1-2,9H,3-8H2,(H,11,12);3,5,7-8H,1-2,4,6H2,(H,10,11);4,6,8-10H,2-3,5,7H2,1H3;1-2,7-10H,3-6H2;1-2,8-9H,3-7H2;1-2H,3-8H2/b3-2+;5-4+;4-3+;2-1+;5-3+;6-4+;2*2-1+;/t;;9-,10-;;7-,8-;8-,9-;7-,8-;8-;/m..1.1011./s1. The number of nitrogens with one attached hydrogen (secondary N) is 2. The first-order valence-electron chi connectivity index (χ1n) is 44.2. The summed E-state index contributed by atoms with van der Waals surface area (Å²) in [6, 6.07) is 6.62. The summed E-state index contributed by atoms with van der Waals surface area (Å²) in [6.45, 7) is 15.2. The molecule has 0 radical (unpaired) electrons. The van der Waals surface area contributed by atoms with Crippen LogP contribution in [0.1, 0.15) is 305 Å². The molecule has 2 saturated heterocycles. The first kappa shape index (κ1) is 99.3. The predicted molar refractivity (Wildman–Crippen MR) is 463 cm³/mol. The number of carboxylic acids is 1. The van der Waals surface area contributed by atoms with Crippen molar-refractivity contribution < 1.29 is 82.7 Å². The van der Waals surface area contributed by atoms with Gasteiger partial charge in [-0.2, -0.15) is 0 Å². The molecule has 2 fully saturated rings. The minimum Gasteiger partial charge on any atom is -0.480 e. The van der Waals surface area contributed by atoms with E-state index in [0.717, 1.165) is 198 Å². The molecule has 0 aromatic heterocycles. The summed E-state index contributed by atoms with van der Waals surface area (Å²) >= 11 is 0. The molecule has 0 bridgehead atoms. The number of allylic oxidation sites excluding steroid dienone is 15.